The van der Waals surface area contributed by atoms with Gasteiger partial charge in [0.1, 0.15) is 6.10 Å². The first-order chi connectivity index (χ1) is 9.54. The van der Waals surface area contributed by atoms with Crippen LogP contribution >= 0.6 is 0 Å². The lowest BCUT2D eigenvalue weighted by Crippen LogP contribution is -2.60. The molecule has 0 unspecified atom stereocenters. The summed E-state index contributed by atoms with van der Waals surface area (Å²) in [4.78, 5) is 35.6. The van der Waals surface area contributed by atoms with Crippen LogP contribution in [0, 0.1) is 0 Å². The number of piperidine rings is 1. The minimum absolute atomic E-state index is 0.0456. The maximum atomic E-state index is 12.2. The van der Waals surface area contributed by atoms with E-state index in [4.69, 9.17) is 4.74 Å². The van der Waals surface area contributed by atoms with E-state index >= 15 is 0 Å². The number of ether oxygens (including phenoxy) is 1. The highest BCUT2D eigenvalue weighted by molar-refractivity contribution is 6.13. The molecule has 0 N–H and O–H groups in total. The fourth-order valence-corrected chi connectivity index (χ4v) is 3.23. The quantitative estimate of drug-likeness (QED) is 0.687. The van der Waals surface area contributed by atoms with Crippen molar-refractivity contribution in [3.8, 4) is 0 Å². The Hall–Kier alpha value is -1.47. The van der Waals surface area contributed by atoms with Crippen molar-refractivity contribution in [2.75, 3.05) is 0 Å². The number of likely N-dealkylation sites (tertiary alicyclic amines) is 1. The zero-order valence-electron chi connectivity index (χ0n) is 12.8. The largest absolute Gasteiger partial charge is 0.445 e. The third-order valence-electron chi connectivity index (χ3n) is 4.06. The van der Waals surface area contributed by atoms with E-state index in [9.17, 15) is 19.6 Å². The van der Waals surface area contributed by atoms with Gasteiger partial charge in [-0.15, -0.1) is 10.3 Å². The molecular weight excluding hydrogens is 276 g/mol. The van der Waals surface area contributed by atoms with E-state index in [0.717, 1.165) is 5.06 Å². The highest BCUT2D eigenvalue weighted by Crippen LogP contribution is 2.38. The fourth-order valence-electron chi connectivity index (χ4n) is 3.23. The fraction of sp³-hybridized carbons (Fsp3) is 0.786. The Morgan fingerprint density at radius 2 is 1.48 bits per heavy atom. The Bertz CT molecular complexity index is 452. The lowest BCUT2D eigenvalue weighted by atomic mass is 9.80. The molecule has 7 heteroatoms. The van der Waals surface area contributed by atoms with E-state index in [-0.39, 0.29) is 12.8 Å². The van der Waals surface area contributed by atoms with Gasteiger partial charge >= 0.3 is 6.09 Å². The second-order valence-electron chi connectivity index (χ2n) is 6.96. The van der Waals surface area contributed by atoms with Gasteiger partial charge in [0.05, 0.1) is 0 Å². The molecule has 2 rings (SSSR count). The molecule has 3 amide bonds. The number of hydrogen-bond donors (Lipinski definition) is 0. The van der Waals surface area contributed by atoms with Gasteiger partial charge in [0.15, 0.2) is 0 Å². The number of rotatable bonds is 1. The number of amides is 3. The van der Waals surface area contributed by atoms with Crippen molar-refractivity contribution in [3.05, 3.63) is 0 Å². The van der Waals surface area contributed by atoms with Gasteiger partial charge in [-0.25, -0.2) is 4.79 Å². The summed E-state index contributed by atoms with van der Waals surface area (Å²) >= 11 is 0. The van der Waals surface area contributed by atoms with Crippen molar-refractivity contribution in [1.29, 1.82) is 0 Å². The van der Waals surface area contributed by atoms with Gasteiger partial charge in [-0.05, 0) is 27.7 Å². The topological polar surface area (TPSA) is 86.8 Å². The summed E-state index contributed by atoms with van der Waals surface area (Å²) in [7, 11) is 0. The monoisotopic (exact) mass is 297 g/mol. The third-order valence-corrected chi connectivity index (χ3v) is 4.06. The Morgan fingerprint density at radius 3 is 1.90 bits per heavy atom. The molecule has 0 aromatic heterocycles. The molecule has 0 atom stereocenters. The van der Waals surface area contributed by atoms with Crippen LogP contribution < -0.4 is 0 Å². The lowest BCUT2D eigenvalue weighted by molar-refractivity contribution is -0.298. The van der Waals surface area contributed by atoms with Crippen LogP contribution in [0.25, 0.3) is 0 Å². The molecule has 0 bridgehead atoms. The number of carbonyl (C=O) groups excluding carboxylic acids is 3. The smallest absolute Gasteiger partial charge is 0.423 e. The van der Waals surface area contributed by atoms with Crippen molar-refractivity contribution < 1.29 is 24.3 Å². The normalized spacial score (nSPS) is 26.2. The van der Waals surface area contributed by atoms with Crippen LogP contribution in [0.5, 0.6) is 0 Å². The van der Waals surface area contributed by atoms with Crippen LogP contribution in [0.4, 0.5) is 4.79 Å². The van der Waals surface area contributed by atoms with E-state index in [1.165, 1.54) is 0 Å². The van der Waals surface area contributed by atoms with Gasteiger partial charge in [0.2, 0.25) is 11.8 Å². The molecule has 0 spiro atoms. The molecule has 7 nitrogen and oxygen atoms in total. The Labute approximate surface area is 123 Å². The minimum Gasteiger partial charge on any atom is -0.445 e. The van der Waals surface area contributed by atoms with E-state index < -0.39 is 35.1 Å². The standard InChI is InChI=1S/C14H21N2O5/c1-13(2)7-9(8-14(3,4)16(13)20)21-12(19)15-10(17)5-6-11(15)18/h9H,5-8H2,1-4H3. The average Bonchev–Trinajstić information content (AvgIpc) is 2.65. The van der Waals surface area contributed by atoms with Crippen LogP contribution in [0.15, 0.2) is 0 Å². The number of imide groups is 3. The van der Waals surface area contributed by atoms with Crippen LogP contribution in [0.1, 0.15) is 53.4 Å². The molecule has 2 heterocycles. The lowest BCUT2D eigenvalue weighted by Gasteiger charge is -2.49. The first kappa shape index (κ1) is 15.9. The Kier molecular flexibility index (Phi) is 3.84. The molecule has 2 fully saturated rings. The van der Waals surface area contributed by atoms with Gasteiger partial charge < -0.3 is 4.74 Å². The zero-order valence-corrected chi connectivity index (χ0v) is 12.8. The van der Waals surface area contributed by atoms with Crippen molar-refractivity contribution in [1.82, 2.24) is 9.96 Å². The van der Waals surface area contributed by atoms with Crippen LogP contribution in [-0.4, -0.2) is 45.1 Å². The molecule has 2 aliphatic rings. The number of carbonyl (C=O) groups is 3. The first-order valence-electron chi connectivity index (χ1n) is 7.08. The molecular formula is C14H21N2O5. The summed E-state index contributed by atoms with van der Waals surface area (Å²) < 4.78 is 5.32. The van der Waals surface area contributed by atoms with Crippen LogP contribution in [0.2, 0.25) is 0 Å². The van der Waals surface area contributed by atoms with Crippen molar-refractivity contribution >= 4 is 17.9 Å². The molecule has 117 valence electrons. The van der Waals surface area contributed by atoms with Crippen molar-refractivity contribution in [3.63, 3.8) is 0 Å². The molecule has 1 radical (unpaired) electrons. The van der Waals surface area contributed by atoms with Gasteiger partial charge in [-0.3, -0.25) is 9.59 Å². The first-order valence-corrected chi connectivity index (χ1v) is 7.08. The SMILES string of the molecule is CC1(C)CC(OC(=O)N2C(=O)CCC2=O)CC(C)(C)N1[O]. The average molecular weight is 297 g/mol. The Balaban J connectivity index is 2.08. The molecule has 0 saturated carbocycles. The number of hydroxylamine groups is 2. The van der Waals surface area contributed by atoms with Crippen molar-refractivity contribution in [2.45, 2.75) is 70.6 Å². The molecule has 2 aliphatic heterocycles. The van der Waals surface area contributed by atoms with Crippen LogP contribution in [0.3, 0.4) is 0 Å². The highest BCUT2D eigenvalue weighted by Gasteiger charge is 2.48. The minimum atomic E-state index is -0.918. The highest BCUT2D eigenvalue weighted by atomic mass is 16.6. The van der Waals surface area contributed by atoms with Crippen molar-refractivity contribution in [2.24, 2.45) is 0 Å². The van der Waals surface area contributed by atoms with Crippen LogP contribution in [-0.2, 0) is 19.5 Å². The molecule has 0 aliphatic carbocycles. The molecule has 21 heavy (non-hydrogen) atoms. The maximum Gasteiger partial charge on any atom is 0.423 e. The van der Waals surface area contributed by atoms with Gasteiger partial charge in [0.25, 0.3) is 0 Å². The third kappa shape index (κ3) is 2.94. The van der Waals surface area contributed by atoms with E-state index in [1.54, 1.807) is 27.7 Å². The summed E-state index contributed by atoms with van der Waals surface area (Å²) in [6.07, 6.45) is -0.593. The second-order valence-corrected chi connectivity index (χ2v) is 6.96. The summed E-state index contributed by atoms with van der Waals surface area (Å²) in [6, 6.07) is 0. The van der Waals surface area contributed by atoms with E-state index in [1.807, 2.05) is 0 Å². The predicted octanol–water partition coefficient (Wildman–Crippen LogP) is 1.64. The predicted molar refractivity (Wildman–Crippen MR) is 71.3 cm³/mol. The molecule has 0 aromatic carbocycles. The number of hydrogen-bond acceptors (Lipinski definition) is 5. The molecule has 0 aromatic rings. The van der Waals surface area contributed by atoms with Gasteiger partial charge in [0, 0.05) is 36.8 Å². The van der Waals surface area contributed by atoms with E-state index in [2.05, 4.69) is 0 Å². The Morgan fingerprint density at radius 1 is 1.05 bits per heavy atom. The van der Waals surface area contributed by atoms with Gasteiger partial charge in [-0.2, -0.15) is 4.90 Å². The van der Waals surface area contributed by atoms with E-state index in [0.29, 0.717) is 17.7 Å². The molecule has 2 saturated heterocycles. The summed E-state index contributed by atoms with van der Waals surface area (Å²) in [5, 5.41) is 13.2. The maximum absolute atomic E-state index is 12.2. The summed E-state index contributed by atoms with van der Waals surface area (Å²) in [5.41, 5.74) is -1.35. The zero-order chi connectivity index (χ0) is 16.0. The number of nitrogens with zero attached hydrogens (tertiary/aromatic N) is 2. The summed E-state index contributed by atoms with van der Waals surface area (Å²) in [5.74, 6) is -1.05. The summed E-state index contributed by atoms with van der Waals surface area (Å²) in [6.45, 7) is 7.14. The van der Waals surface area contributed by atoms with Gasteiger partial charge in [-0.1, -0.05) is 0 Å². The second kappa shape index (κ2) is 5.06.